The first-order valence-electron chi connectivity index (χ1n) is 5.57. The van der Waals surface area contributed by atoms with Crippen LogP contribution < -0.4 is 0 Å². The minimum atomic E-state index is -1.11. The van der Waals surface area contributed by atoms with Crippen LogP contribution in [0.3, 0.4) is 0 Å². The summed E-state index contributed by atoms with van der Waals surface area (Å²) in [7, 11) is 0. The molecule has 2 rings (SSSR count). The molecule has 1 atom stereocenters. The summed E-state index contributed by atoms with van der Waals surface area (Å²) in [6.45, 7) is 4.22. The molecule has 1 N–H and O–H groups in total. The van der Waals surface area contributed by atoms with E-state index in [1.165, 1.54) is 0 Å². The van der Waals surface area contributed by atoms with Gasteiger partial charge >= 0.3 is 5.97 Å². The third kappa shape index (κ3) is 1.52. The van der Waals surface area contributed by atoms with Gasteiger partial charge in [0, 0.05) is 6.61 Å². The van der Waals surface area contributed by atoms with E-state index in [4.69, 9.17) is 4.74 Å². The standard InChI is InChI=1S/C13H16O3/c1-3-16-13(12(14)15)7-6-10-5-4-9(2)8-11(10)13/h4-5,8H,3,6-7H2,1-2H3,(H,14,15). The molecular formula is C13H16O3. The summed E-state index contributed by atoms with van der Waals surface area (Å²) in [5.74, 6) is -0.876. The van der Waals surface area contributed by atoms with Gasteiger partial charge in [0.1, 0.15) is 0 Å². The number of carboxylic acid groups (broad SMARTS) is 1. The predicted molar refractivity (Wildman–Crippen MR) is 60.4 cm³/mol. The number of carboxylic acids is 1. The molecule has 1 aromatic carbocycles. The van der Waals surface area contributed by atoms with Crippen molar-refractivity contribution in [2.24, 2.45) is 0 Å². The molecule has 0 saturated carbocycles. The number of fused-ring (bicyclic) bond motifs is 1. The highest BCUT2D eigenvalue weighted by Crippen LogP contribution is 2.40. The SMILES string of the molecule is CCOC1(C(=O)O)CCc2ccc(C)cc21. The van der Waals surface area contributed by atoms with Crippen LogP contribution in [0.25, 0.3) is 0 Å². The van der Waals surface area contributed by atoms with E-state index in [-0.39, 0.29) is 0 Å². The number of carbonyl (C=O) groups is 1. The van der Waals surface area contributed by atoms with E-state index in [0.717, 1.165) is 23.1 Å². The van der Waals surface area contributed by atoms with Crippen LogP contribution in [0.4, 0.5) is 0 Å². The largest absolute Gasteiger partial charge is 0.479 e. The summed E-state index contributed by atoms with van der Waals surface area (Å²) in [4.78, 5) is 11.5. The van der Waals surface area contributed by atoms with Gasteiger partial charge in [-0.3, -0.25) is 0 Å². The van der Waals surface area contributed by atoms with Gasteiger partial charge in [0.15, 0.2) is 5.60 Å². The molecule has 3 heteroatoms. The van der Waals surface area contributed by atoms with Gasteiger partial charge in [-0.25, -0.2) is 4.79 Å². The number of aliphatic carboxylic acids is 1. The second-order valence-electron chi connectivity index (χ2n) is 4.23. The first kappa shape index (κ1) is 11.1. The molecule has 0 amide bonds. The minimum absolute atomic E-state index is 0.416. The highest BCUT2D eigenvalue weighted by molar-refractivity contribution is 5.81. The third-order valence-electron chi connectivity index (χ3n) is 3.18. The molecule has 0 heterocycles. The zero-order valence-corrected chi connectivity index (χ0v) is 9.62. The van der Waals surface area contributed by atoms with Crippen LogP contribution in [-0.4, -0.2) is 17.7 Å². The zero-order valence-electron chi connectivity index (χ0n) is 9.62. The summed E-state index contributed by atoms with van der Waals surface area (Å²) in [6, 6.07) is 5.96. The highest BCUT2D eigenvalue weighted by atomic mass is 16.5. The Kier molecular flexibility index (Phi) is 2.72. The lowest BCUT2D eigenvalue weighted by atomic mass is 9.94. The molecule has 0 spiro atoms. The van der Waals surface area contributed by atoms with E-state index in [9.17, 15) is 9.90 Å². The summed E-state index contributed by atoms with van der Waals surface area (Å²) in [5, 5.41) is 9.41. The molecule has 86 valence electrons. The molecule has 0 bridgehead atoms. The number of rotatable bonds is 3. The number of benzene rings is 1. The van der Waals surface area contributed by atoms with Gasteiger partial charge in [-0.1, -0.05) is 23.8 Å². The van der Waals surface area contributed by atoms with Crippen molar-refractivity contribution < 1.29 is 14.6 Å². The second-order valence-corrected chi connectivity index (χ2v) is 4.23. The quantitative estimate of drug-likeness (QED) is 0.849. The van der Waals surface area contributed by atoms with Gasteiger partial charge in [-0.15, -0.1) is 0 Å². The first-order valence-corrected chi connectivity index (χ1v) is 5.57. The molecule has 0 aliphatic heterocycles. The van der Waals surface area contributed by atoms with Gasteiger partial charge in [0.25, 0.3) is 0 Å². The first-order chi connectivity index (χ1) is 7.60. The molecule has 0 aromatic heterocycles. The Morgan fingerprint density at radius 1 is 1.56 bits per heavy atom. The molecule has 0 fully saturated rings. The summed E-state index contributed by atoms with van der Waals surface area (Å²) in [6.07, 6.45) is 1.32. The van der Waals surface area contributed by atoms with E-state index >= 15 is 0 Å². The lowest BCUT2D eigenvalue weighted by Gasteiger charge is -2.25. The third-order valence-corrected chi connectivity index (χ3v) is 3.18. The maximum absolute atomic E-state index is 11.5. The smallest absolute Gasteiger partial charge is 0.340 e. The van der Waals surface area contributed by atoms with Gasteiger partial charge in [0.05, 0.1) is 0 Å². The van der Waals surface area contributed by atoms with Crippen molar-refractivity contribution in [3.8, 4) is 0 Å². The molecule has 0 radical (unpaired) electrons. The van der Waals surface area contributed by atoms with Crippen LogP contribution in [0.5, 0.6) is 0 Å². The van der Waals surface area contributed by atoms with Crippen LogP contribution in [-0.2, 0) is 21.6 Å². The van der Waals surface area contributed by atoms with Crippen LogP contribution in [0, 0.1) is 6.92 Å². The normalized spacial score (nSPS) is 23.1. The lowest BCUT2D eigenvalue weighted by molar-refractivity contribution is -0.167. The Morgan fingerprint density at radius 2 is 2.31 bits per heavy atom. The maximum atomic E-state index is 11.5. The van der Waals surface area contributed by atoms with Crippen LogP contribution in [0.1, 0.15) is 30.0 Å². The number of ether oxygens (including phenoxy) is 1. The van der Waals surface area contributed by atoms with Gasteiger partial charge in [-0.2, -0.15) is 0 Å². The average molecular weight is 220 g/mol. The topological polar surface area (TPSA) is 46.5 Å². The summed E-state index contributed by atoms with van der Waals surface area (Å²) < 4.78 is 5.53. The lowest BCUT2D eigenvalue weighted by Crippen LogP contribution is -2.36. The highest BCUT2D eigenvalue weighted by Gasteiger charge is 2.46. The Bertz CT molecular complexity index is 421. The van der Waals surface area contributed by atoms with Crippen LogP contribution >= 0.6 is 0 Å². The zero-order chi connectivity index (χ0) is 11.8. The fourth-order valence-electron chi connectivity index (χ4n) is 2.41. The maximum Gasteiger partial charge on any atom is 0.340 e. The van der Waals surface area contributed by atoms with Crippen LogP contribution in [0.15, 0.2) is 18.2 Å². The van der Waals surface area contributed by atoms with E-state index < -0.39 is 11.6 Å². The molecule has 1 aliphatic carbocycles. The Labute approximate surface area is 95.0 Å². The molecular weight excluding hydrogens is 204 g/mol. The minimum Gasteiger partial charge on any atom is -0.479 e. The second kappa shape index (κ2) is 3.91. The van der Waals surface area contributed by atoms with E-state index in [1.807, 2.05) is 32.0 Å². The van der Waals surface area contributed by atoms with Crippen LogP contribution in [0.2, 0.25) is 0 Å². The predicted octanol–water partition coefficient (Wildman–Crippen LogP) is 2.26. The van der Waals surface area contributed by atoms with Crippen molar-refractivity contribution in [1.82, 2.24) is 0 Å². The number of aryl methyl sites for hydroxylation is 2. The van der Waals surface area contributed by atoms with Crippen molar-refractivity contribution in [3.63, 3.8) is 0 Å². The van der Waals surface area contributed by atoms with Crippen molar-refractivity contribution in [2.45, 2.75) is 32.3 Å². The van der Waals surface area contributed by atoms with Crippen molar-refractivity contribution in [2.75, 3.05) is 6.61 Å². The van der Waals surface area contributed by atoms with Gasteiger partial charge in [0.2, 0.25) is 0 Å². The number of hydrogen-bond donors (Lipinski definition) is 1. The fraction of sp³-hybridized carbons (Fsp3) is 0.462. The fourth-order valence-corrected chi connectivity index (χ4v) is 2.41. The average Bonchev–Trinajstić information content (AvgIpc) is 2.59. The van der Waals surface area contributed by atoms with E-state index in [0.29, 0.717) is 13.0 Å². The molecule has 0 saturated heterocycles. The summed E-state index contributed by atoms with van der Waals surface area (Å²) >= 11 is 0. The van der Waals surface area contributed by atoms with Crippen molar-refractivity contribution in [1.29, 1.82) is 0 Å². The van der Waals surface area contributed by atoms with E-state index in [2.05, 4.69) is 0 Å². The molecule has 1 unspecified atom stereocenters. The molecule has 1 aliphatic rings. The van der Waals surface area contributed by atoms with Crippen molar-refractivity contribution in [3.05, 3.63) is 34.9 Å². The number of hydrogen-bond acceptors (Lipinski definition) is 2. The Balaban J connectivity index is 2.53. The van der Waals surface area contributed by atoms with Gasteiger partial charge < -0.3 is 9.84 Å². The summed E-state index contributed by atoms with van der Waals surface area (Å²) in [5.41, 5.74) is 1.89. The van der Waals surface area contributed by atoms with Crippen molar-refractivity contribution >= 4 is 5.97 Å². The molecule has 1 aromatic rings. The Hall–Kier alpha value is -1.35. The Morgan fingerprint density at radius 3 is 2.94 bits per heavy atom. The monoisotopic (exact) mass is 220 g/mol. The van der Waals surface area contributed by atoms with Gasteiger partial charge in [-0.05, 0) is 37.8 Å². The molecule has 3 nitrogen and oxygen atoms in total. The molecule has 16 heavy (non-hydrogen) atoms. The van der Waals surface area contributed by atoms with E-state index in [1.54, 1.807) is 0 Å².